The molecule has 3 atom stereocenters. The van der Waals surface area contributed by atoms with Gasteiger partial charge in [0.25, 0.3) is 0 Å². The van der Waals surface area contributed by atoms with E-state index in [1.165, 1.54) is 0 Å². The first-order valence-corrected chi connectivity index (χ1v) is 6.42. The molecular formula is C13H18O5. The van der Waals surface area contributed by atoms with Gasteiger partial charge < -0.3 is 9.84 Å². The Kier molecular flexibility index (Phi) is 3.52. The highest BCUT2D eigenvalue weighted by Gasteiger charge is 2.64. The van der Waals surface area contributed by atoms with Crippen molar-refractivity contribution < 1.29 is 24.2 Å². The summed E-state index contributed by atoms with van der Waals surface area (Å²) in [7, 11) is 0. The first-order chi connectivity index (χ1) is 8.57. The summed E-state index contributed by atoms with van der Waals surface area (Å²) < 4.78 is 5.00. The highest BCUT2D eigenvalue weighted by atomic mass is 16.5. The SMILES string of the molecule is CCOC(=O)[C@]12CC(=O)[C@H](CCC1=O)[C@@H]2CCO. The van der Waals surface area contributed by atoms with Crippen LogP contribution < -0.4 is 0 Å². The number of Topliss-reactive ketones (excluding diaryl/α,β-unsaturated/α-hetero) is 2. The molecule has 0 radical (unpaired) electrons. The molecule has 1 N–H and O–H groups in total. The van der Waals surface area contributed by atoms with Crippen LogP contribution in [0.15, 0.2) is 0 Å². The number of aliphatic hydroxyl groups excluding tert-OH is 1. The average molecular weight is 254 g/mol. The van der Waals surface area contributed by atoms with Gasteiger partial charge in [-0.05, 0) is 25.7 Å². The van der Waals surface area contributed by atoms with Crippen LogP contribution in [0.1, 0.15) is 32.6 Å². The zero-order valence-corrected chi connectivity index (χ0v) is 10.5. The molecular weight excluding hydrogens is 236 g/mol. The Balaban J connectivity index is 2.40. The molecule has 0 spiro atoms. The van der Waals surface area contributed by atoms with E-state index in [9.17, 15) is 14.4 Å². The number of ether oxygens (including phenoxy) is 1. The van der Waals surface area contributed by atoms with Crippen LogP contribution in [0, 0.1) is 17.3 Å². The van der Waals surface area contributed by atoms with E-state index in [2.05, 4.69) is 0 Å². The third-order valence-corrected chi connectivity index (χ3v) is 4.25. The smallest absolute Gasteiger partial charge is 0.320 e. The maximum absolute atomic E-state index is 12.2. The van der Waals surface area contributed by atoms with Crippen molar-refractivity contribution in [3.63, 3.8) is 0 Å². The van der Waals surface area contributed by atoms with Gasteiger partial charge >= 0.3 is 5.97 Å². The predicted octanol–water partition coefficient (Wildman–Crippen LogP) is 0.486. The Morgan fingerprint density at radius 1 is 1.50 bits per heavy atom. The van der Waals surface area contributed by atoms with Crippen LogP contribution in [-0.4, -0.2) is 35.9 Å². The predicted molar refractivity (Wildman–Crippen MR) is 61.6 cm³/mol. The topological polar surface area (TPSA) is 80.7 Å². The van der Waals surface area contributed by atoms with Crippen molar-refractivity contribution in [3.8, 4) is 0 Å². The van der Waals surface area contributed by atoms with E-state index >= 15 is 0 Å². The summed E-state index contributed by atoms with van der Waals surface area (Å²) in [6.07, 6.45) is 1.03. The number of aliphatic hydroxyl groups is 1. The fraction of sp³-hybridized carbons (Fsp3) is 0.769. The molecule has 5 nitrogen and oxygen atoms in total. The minimum Gasteiger partial charge on any atom is -0.465 e. The second kappa shape index (κ2) is 4.80. The highest BCUT2D eigenvalue weighted by molar-refractivity contribution is 6.11. The summed E-state index contributed by atoms with van der Waals surface area (Å²) in [6.45, 7) is 1.75. The van der Waals surface area contributed by atoms with E-state index in [1.54, 1.807) is 6.92 Å². The first kappa shape index (κ1) is 13.2. The number of fused-ring (bicyclic) bond motifs is 2. The van der Waals surface area contributed by atoms with Crippen LogP contribution in [0.3, 0.4) is 0 Å². The second-order valence-electron chi connectivity index (χ2n) is 5.02. The van der Waals surface area contributed by atoms with Gasteiger partial charge in [0.2, 0.25) is 0 Å². The van der Waals surface area contributed by atoms with E-state index in [0.717, 1.165) is 0 Å². The molecule has 0 unspecified atom stereocenters. The summed E-state index contributed by atoms with van der Waals surface area (Å²) in [4.78, 5) is 36.3. The van der Waals surface area contributed by atoms with E-state index in [4.69, 9.17) is 9.84 Å². The number of rotatable bonds is 4. The molecule has 0 aliphatic heterocycles. The Labute approximate surface area is 105 Å². The van der Waals surface area contributed by atoms with Gasteiger partial charge in [-0.2, -0.15) is 0 Å². The molecule has 2 bridgehead atoms. The molecule has 2 fully saturated rings. The molecule has 2 aliphatic rings. The van der Waals surface area contributed by atoms with Crippen LogP contribution in [-0.2, 0) is 19.1 Å². The second-order valence-corrected chi connectivity index (χ2v) is 5.02. The lowest BCUT2D eigenvalue weighted by Crippen LogP contribution is -2.47. The van der Waals surface area contributed by atoms with Gasteiger partial charge in [-0.3, -0.25) is 14.4 Å². The van der Waals surface area contributed by atoms with Crippen molar-refractivity contribution in [2.24, 2.45) is 17.3 Å². The zero-order valence-electron chi connectivity index (χ0n) is 10.5. The Bertz CT molecular complexity index is 389. The Hall–Kier alpha value is -1.23. The average Bonchev–Trinajstić information content (AvgIpc) is 2.53. The van der Waals surface area contributed by atoms with Gasteiger partial charge in [-0.25, -0.2) is 0 Å². The molecule has 0 heterocycles. The zero-order chi connectivity index (χ0) is 13.3. The number of ketones is 2. The lowest BCUT2D eigenvalue weighted by Gasteiger charge is -2.36. The monoisotopic (exact) mass is 254 g/mol. The number of carbonyl (C=O) groups is 3. The van der Waals surface area contributed by atoms with Crippen LogP contribution in [0.4, 0.5) is 0 Å². The van der Waals surface area contributed by atoms with E-state index in [-0.39, 0.29) is 49.5 Å². The molecule has 2 saturated carbocycles. The quantitative estimate of drug-likeness (QED) is 0.583. The summed E-state index contributed by atoms with van der Waals surface area (Å²) >= 11 is 0. The van der Waals surface area contributed by atoms with E-state index < -0.39 is 11.4 Å². The standard InChI is InChI=1S/C13H18O5/c1-2-18-12(17)13-7-10(15)8(3-4-11(13)16)9(13)5-6-14/h8-9,14H,2-7H2,1H3/t8-,9+,13+/m1/s1. The largest absolute Gasteiger partial charge is 0.465 e. The fourth-order valence-corrected chi connectivity index (χ4v) is 3.47. The van der Waals surface area contributed by atoms with Crippen molar-refractivity contribution in [2.45, 2.75) is 32.6 Å². The highest BCUT2D eigenvalue weighted by Crippen LogP contribution is 2.54. The maximum Gasteiger partial charge on any atom is 0.320 e. The third-order valence-electron chi connectivity index (χ3n) is 4.25. The molecule has 5 heteroatoms. The normalized spacial score (nSPS) is 34.8. The minimum absolute atomic E-state index is 0.0349. The van der Waals surface area contributed by atoms with Crippen molar-refractivity contribution in [1.29, 1.82) is 0 Å². The van der Waals surface area contributed by atoms with Gasteiger partial charge in [0, 0.05) is 25.4 Å². The molecule has 18 heavy (non-hydrogen) atoms. The lowest BCUT2D eigenvalue weighted by atomic mass is 9.65. The Morgan fingerprint density at radius 3 is 2.83 bits per heavy atom. The maximum atomic E-state index is 12.2. The fourth-order valence-electron chi connectivity index (χ4n) is 3.47. The molecule has 2 rings (SSSR count). The molecule has 0 amide bonds. The third kappa shape index (κ3) is 1.68. The van der Waals surface area contributed by atoms with Crippen LogP contribution in [0.25, 0.3) is 0 Å². The molecule has 100 valence electrons. The molecule has 0 aromatic carbocycles. The van der Waals surface area contributed by atoms with Crippen molar-refractivity contribution in [1.82, 2.24) is 0 Å². The summed E-state index contributed by atoms with van der Waals surface area (Å²) in [6, 6.07) is 0. The summed E-state index contributed by atoms with van der Waals surface area (Å²) in [5, 5.41) is 9.11. The molecule has 0 saturated heterocycles. The van der Waals surface area contributed by atoms with Gasteiger partial charge in [-0.1, -0.05) is 0 Å². The van der Waals surface area contributed by atoms with Gasteiger partial charge in [0.1, 0.15) is 11.2 Å². The van der Waals surface area contributed by atoms with Crippen molar-refractivity contribution in [2.75, 3.05) is 13.2 Å². The van der Waals surface area contributed by atoms with Crippen LogP contribution in [0.2, 0.25) is 0 Å². The van der Waals surface area contributed by atoms with Crippen LogP contribution >= 0.6 is 0 Å². The van der Waals surface area contributed by atoms with E-state index in [0.29, 0.717) is 12.8 Å². The minimum atomic E-state index is -1.31. The van der Waals surface area contributed by atoms with Gasteiger partial charge in [-0.15, -0.1) is 0 Å². The number of esters is 1. The van der Waals surface area contributed by atoms with Gasteiger partial charge in [0.15, 0.2) is 5.78 Å². The van der Waals surface area contributed by atoms with Crippen molar-refractivity contribution >= 4 is 17.5 Å². The summed E-state index contributed by atoms with van der Waals surface area (Å²) in [5.74, 6) is -1.45. The van der Waals surface area contributed by atoms with E-state index in [1.807, 2.05) is 0 Å². The van der Waals surface area contributed by atoms with Crippen molar-refractivity contribution in [3.05, 3.63) is 0 Å². The number of hydrogen-bond donors (Lipinski definition) is 1. The lowest BCUT2D eigenvalue weighted by molar-refractivity contribution is -0.165. The molecule has 0 aromatic rings. The number of carbonyl (C=O) groups excluding carboxylic acids is 3. The summed E-state index contributed by atoms with van der Waals surface area (Å²) in [5.41, 5.74) is -1.31. The molecule has 2 aliphatic carbocycles. The number of hydrogen-bond acceptors (Lipinski definition) is 5. The first-order valence-electron chi connectivity index (χ1n) is 6.42. The molecule has 0 aromatic heterocycles. The Morgan fingerprint density at radius 2 is 2.22 bits per heavy atom. The van der Waals surface area contributed by atoms with Crippen LogP contribution in [0.5, 0.6) is 0 Å². The van der Waals surface area contributed by atoms with Gasteiger partial charge in [0.05, 0.1) is 6.61 Å².